The van der Waals surface area contributed by atoms with Crippen LogP contribution in [-0.4, -0.2) is 42.8 Å². The van der Waals surface area contributed by atoms with E-state index < -0.39 is 43.1 Å². The van der Waals surface area contributed by atoms with Crippen LogP contribution in [0.1, 0.15) is 27.2 Å². The third kappa shape index (κ3) is 2.18. The molecule has 0 aromatic carbocycles. The van der Waals surface area contributed by atoms with E-state index in [1.165, 1.54) is 13.0 Å². The minimum absolute atomic E-state index is 0.0722. The van der Waals surface area contributed by atoms with Gasteiger partial charge in [-0.15, -0.1) is 0 Å². The molecule has 0 radical (unpaired) electrons. The fourth-order valence-corrected chi connectivity index (χ4v) is 5.43. The van der Waals surface area contributed by atoms with E-state index in [0.717, 1.165) is 0 Å². The third-order valence-corrected chi connectivity index (χ3v) is 6.04. The first kappa shape index (κ1) is 17.5. The van der Waals surface area contributed by atoms with Crippen molar-refractivity contribution in [1.29, 1.82) is 0 Å². The van der Waals surface area contributed by atoms with Crippen molar-refractivity contribution in [3.63, 3.8) is 0 Å². The molecule has 7 heteroatoms. The van der Waals surface area contributed by atoms with E-state index in [1.54, 1.807) is 19.9 Å². The predicted octanol–water partition coefficient (Wildman–Crippen LogP) is 1.99. The molecule has 3 aliphatic rings. The molecule has 132 valence electrons. The molecule has 1 aliphatic carbocycles. The topological polar surface area (TPSA) is 78.9 Å². The maximum absolute atomic E-state index is 12.8. The van der Waals surface area contributed by atoms with Crippen LogP contribution >= 0.6 is 0 Å². The minimum atomic E-state index is -2.17. The van der Waals surface area contributed by atoms with Gasteiger partial charge in [0.2, 0.25) is 5.79 Å². The number of rotatable bonds is 4. The van der Waals surface area contributed by atoms with E-state index in [4.69, 9.17) is 13.9 Å². The van der Waals surface area contributed by atoms with Crippen molar-refractivity contribution >= 4 is 25.9 Å². The normalized spacial score (nSPS) is 43.8. The van der Waals surface area contributed by atoms with Gasteiger partial charge in [0.05, 0.1) is 5.92 Å². The molecule has 2 heterocycles. The zero-order chi connectivity index (χ0) is 18.1. The Kier molecular flexibility index (Phi) is 3.55. The molecule has 0 aromatic rings. The fourth-order valence-electron chi connectivity index (χ4n) is 4.15. The summed E-state index contributed by atoms with van der Waals surface area (Å²) >= 11 is 0. The Balaban J connectivity index is 2.23. The van der Waals surface area contributed by atoms with Gasteiger partial charge < -0.3 is 18.7 Å². The number of ether oxygens (including phenoxy) is 2. The lowest BCUT2D eigenvalue weighted by Gasteiger charge is -2.52. The SMILES string of the molecule is CC(=O)C[C@@H]1[C@@H]2C(=O)C=C[C@]3(C)OC(=O)[C@@]1(C)O[C@]23O[Si](C)(C)C. The number of carbonyl (C=O) groups excluding carboxylic acids is 3. The average molecular weight is 352 g/mol. The van der Waals surface area contributed by atoms with Crippen molar-refractivity contribution in [2.45, 2.75) is 63.8 Å². The molecule has 0 amide bonds. The van der Waals surface area contributed by atoms with Crippen LogP contribution in [0, 0.1) is 11.8 Å². The van der Waals surface area contributed by atoms with Crippen molar-refractivity contribution < 1.29 is 28.3 Å². The molecular weight excluding hydrogens is 328 g/mol. The molecule has 2 bridgehead atoms. The largest absolute Gasteiger partial charge is 0.447 e. The molecule has 0 N–H and O–H groups in total. The second-order valence-electron chi connectivity index (χ2n) is 8.31. The highest BCUT2D eigenvalue weighted by atomic mass is 28.4. The van der Waals surface area contributed by atoms with E-state index in [1.807, 2.05) is 19.6 Å². The Morgan fingerprint density at radius 3 is 2.46 bits per heavy atom. The van der Waals surface area contributed by atoms with Gasteiger partial charge in [0.15, 0.2) is 25.3 Å². The summed E-state index contributed by atoms with van der Waals surface area (Å²) in [6.07, 6.45) is 3.06. The quantitative estimate of drug-likeness (QED) is 0.569. The van der Waals surface area contributed by atoms with Crippen molar-refractivity contribution in [1.82, 2.24) is 0 Å². The van der Waals surface area contributed by atoms with E-state index >= 15 is 0 Å². The number of Topliss-reactive ketones (excluding diaryl/α,β-unsaturated/α-hetero) is 1. The Hall–Kier alpha value is -1.31. The van der Waals surface area contributed by atoms with Crippen molar-refractivity contribution in [2.24, 2.45) is 11.8 Å². The Morgan fingerprint density at radius 2 is 1.92 bits per heavy atom. The van der Waals surface area contributed by atoms with Crippen LogP contribution < -0.4 is 0 Å². The van der Waals surface area contributed by atoms with Gasteiger partial charge in [-0.05, 0) is 52.6 Å². The molecule has 6 nitrogen and oxygen atoms in total. The smallest absolute Gasteiger partial charge is 0.339 e. The highest BCUT2D eigenvalue weighted by molar-refractivity contribution is 6.69. The highest BCUT2D eigenvalue weighted by Crippen LogP contribution is 2.61. The zero-order valence-electron chi connectivity index (χ0n) is 15.0. The van der Waals surface area contributed by atoms with Gasteiger partial charge in [-0.3, -0.25) is 4.79 Å². The lowest BCUT2D eigenvalue weighted by molar-refractivity contribution is -0.322. The van der Waals surface area contributed by atoms with Crippen molar-refractivity contribution in [2.75, 3.05) is 0 Å². The van der Waals surface area contributed by atoms with Gasteiger partial charge in [-0.2, -0.15) is 0 Å². The molecule has 2 saturated heterocycles. The third-order valence-electron chi connectivity index (χ3n) is 5.12. The molecule has 5 atom stereocenters. The standard InChI is InChI=1S/C17H24O6Si/c1-10(18)9-11-13-12(19)7-8-15(2)17(13,23-24(4,5)6)22-16(11,3)14(20)21-15/h7-8,11,13H,9H2,1-6H3/t11-,13-,15+,16+,17+/m1/s1. The Labute approximate surface area is 142 Å². The number of esters is 1. The second kappa shape index (κ2) is 4.86. The van der Waals surface area contributed by atoms with Gasteiger partial charge in [0.1, 0.15) is 5.78 Å². The molecule has 24 heavy (non-hydrogen) atoms. The number of hydrogen-bond acceptors (Lipinski definition) is 6. The molecule has 0 saturated carbocycles. The number of fused-ring (bicyclic) bond motifs is 1. The van der Waals surface area contributed by atoms with Gasteiger partial charge in [0.25, 0.3) is 0 Å². The van der Waals surface area contributed by atoms with Crippen LogP contribution in [0.3, 0.4) is 0 Å². The second-order valence-corrected chi connectivity index (χ2v) is 12.7. The number of allylic oxidation sites excluding steroid dienone is 1. The summed E-state index contributed by atoms with van der Waals surface area (Å²) in [4.78, 5) is 37.2. The van der Waals surface area contributed by atoms with E-state index in [2.05, 4.69) is 0 Å². The summed E-state index contributed by atoms with van der Waals surface area (Å²) in [6.45, 7) is 10.7. The molecule has 2 aliphatic heterocycles. The molecule has 3 rings (SSSR count). The van der Waals surface area contributed by atoms with Gasteiger partial charge in [-0.25, -0.2) is 4.79 Å². The van der Waals surface area contributed by atoms with Crippen molar-refractivity contribution in [3.8, 4) is 0 Å². The lowest BCUT2D eigenvalue weighted by atomic mass is 9.69. The van der Waals surface area contributed by atoms with Crippen molar-refractivity contribution in [3.05, 3.63) is 12.2 Å². The molecule has 0 aromatic heterocycles. The van der Waals surface area contributed by atoms with Crippen LogP contribution in [0.4, 0.5) is 0 Å². The first-order valence-corrected chi connectivity index (χ1v) is 11.6. The van der Waals surface area contributed by atoms with Gasteiger partial charge in [0, 0.05) is 12.3 Å². The predicted molar refractivity (Wildman–Crippen MR) is 87.6 cm³/mol. The minimum Gasteiger partial charge on any atom is -0.447 e. The monoisotopic (exact) mass is 352 g/mol. The van der Waals surface area contributed by atoms with Crippen LogP contribution in [0.2, 0.25) is 19.6 Å². The number of ketones is 2. The van der Waals surface area contributed by atoms with Crippen LogP contribution in [0.15, 0.2) is 12.2 Å². The Bertz CT molecular complexity index is 664. The average Bonchev–Trinajstić information content (AvgIpc) is 2.62. The lowest BCUT2D eigenvalue weighted by Crippen LogP contribution is -2.68. The van der Waals surface area contributed by atoms with E-state index in [9.17, 15) is 14.4 Å². The van der Waals surface area contributed by atoms with Crippen LogP contribution in [0.5, 0.6) is 0 Å². The number of carbonyl (C=O) groups is 3. The van der Waals surface area contributed by atoms with Gasteiger partial charge in [-0.1, -0.05) is 0 Å². The van der Waals surface area contributed by atoms with Gasteiger partial charge >= 0.3 is 5.97 Å². The Morgan fingerprint density at radius 1 is 1.29 bits per heavy atom. The highest BCUT2D eigenvalue weighted by Gasteiger charge is 2.78. The van der Waals surface area contributed by atoms with E-state index in [-0.39, 0.29) is 18.0 Å². The fraction of sp³-hybridized carbons (Fsp3) is 0.706. The zero-order valence-corrected chi connectivity index (χ0v) is 16.0. The first-order chi connectivity index (χ1) is 10.8. The first-order valence-electron chi connectivity index (χ1n) is 8.21. The maximum Gasteiger partial charge on any atom is 0.339 e. The summed E-state index contributed by atoms with van der Waals surface area (Å²) in [7, 11) is -2.17. The maximum atomic E-state index is 12.8. The summed E-state index contributed by atoms with van der Waals surface area (Å²) in [5.41, 5.74) is -2.55. The van der Waals surface area contributed by atoms with Crippen LogP contribution in [-0.2, 0) is 28.3 Å². The van der Waals surface area contributed by atoms with E-state index in [0.29, 0.717) is 0 Å². The number of hydrogen-bond donors (Lipinski definition) is 0. The summed E-state index contributed by atoms with van der Waals surface area (Å²) in [5.74, 6) is -3.53. The summed E-state index contributed by atoms with van der Waals surface area (Å²) < 4.78 is 18.3. The summed E-state index contributed by atoms with van der Waals surface area (Å²) in [5, 5.41) is 0. The molecule has 2 fully saturated rings. The molecule has 0 unspecified atom stereocenters. The molecule has 0 spiro atoms. The van der Waals surface area contributed by atoms with Crippen LogP contribution in [0.25, 0.3) is 0 Å². The summed E-state index contributed by atoms with van der Waals surface area (Å²) in [6, 6.07) is 0. The molecular formula is C17H24O6Si.